The second kappa shape index (κ2) is 11.7. The molecule has 4 rings (SSSR count). The summed E-state index contributed by atoms with van der Waals surface area (Å²) in [5.41, 5.74) is 2.12. The maximum Gasteiger partial charge on any atom is 0.309 e. The first-order valence-electron chi connectivity index (χ1n) is 11.2. The predicted octanol–water partition coefficient (Wildman–Crippen LogP) is 7.14. The molecule has 0 aliphatic rings. The number of halogens is 3. The monoisotopic (exact) mass is 558 g/mol. The van der Waals surface area contributed by atoms with Crippen molar-refractivity contribution in [1.82, 2.24) is 10.2 Å². The van der Waals surface area contributed by atoms with E-state index < -0.39 is 11.9 Å². The van der Waals surface area contributed by atoms with Crippen LogP contribution >= 0.6 is 34.8 Å². The van der Waals surface area contributed by atoms with Crippen LogP contribution in [-0.2, 0) is 16.0 Å². The summed E-state index contributed by atoms with van der Waals surface area (Å²) in [4.78, 5) is 31.4. The van der Waals surface area contributed by atoms with Crippen molar-refractivity contribution >= 4 is 46.7 Å². The van der Waals surface area contributed by atoms with Gasteiger partial charge in [-0.05, 0) is 36.8 Å². The van der Waals surface area contributed by atoms with Gasteiger partial charge in [0.25, 0.3) is 5.91 Å². The molecular formula is C27H21Cl3N2O5. The molecule has 0 aliphatic carbocycles. The molecule has 0 saturated carbocycles. The number of hydrogen-bond acceptors (Lipinski definition) is 6. The van der Waals surface area contributed by atoms with Crippen LogP contribution in [0.25, 0.3) is 22.6 Å². The van der Waals surface area contributed by atoms with Crippen molar-refractivity contribution in [2.45, 2.75) is 13.3 Å². The molecule has 0 spiro atoms. The van der Waals surface area contributed by atoms with Crippen molar-refractivity contribution < 1.29 is 23.7 Å². The Kier molecular flexibility index (Phi) is 8.38. The van der Waals surface area contributed by atoms with Gasteiger partial charge in [0.1, 0.15) is 11.3 Å². The molecule has 1 heterocycles. The molecule has 0 atom stereocenters. The van der Waals surface area contributed by atoms with E-state index in [9.17, 15) is 9.59 Å². The third kappa shape index (κ3) is 5.91. The van der Waals surface area contributed by atoms with Crippen molar-refractivity contribution in [3.05, 3.63) is 92.9 Å². The molecule has 1 amide bonds. The average molecular weight is 560 g/mol. The van der Waals surface area contributed by atoms with Crippen LogP contribution in [0.1, 0.15) is 22.8 Å². The number of amides is 1. The Morgan fingerprint density at radius 3 is 2.38 bits per heavy atom. The molecule has 0 saturated heterocycles. The number of rotatable bonds is 8. The molecule has 0 unspecified atom stereocenters. The summed E-state index contributed by atoms with van der Waals surface area (Å²) in [5, 5.41) is 6.32. The predicted molar refractivity (Wildman–Crippen MR) is 142 cm³/mol. The fourth-order valence-corrected chi connectivity index (χ4v) is 4.34. The van der Waals surface area contributed by atoms with Crippen molar-refractivity contribution in [3.8, 4) is 28.3 Å². The van der Waals surface area contributed by atoms with Crippen LogP contribution in [0.4, 0.5) is 0 Å². The van der Waals surface area contributed by atoms with Crippen molar-refractivity contribution in [3.63, 3.8) is 0 Å². The van der Waals surface area contributed by atoms with Gasteiger partial charge in [0.15, 0.2) is 11.5 Å². The summed E-state index contributed by atoms with van der Waals surface area (Å²) in [5.74, 6) is -0.410. The van der Waals surface area contributed by atoms with Crippen LogP contribution in [0.5, 0.6) is 5.75 Å². The lowest BCUT2D eigenvalue weighted by Gasteiger charge is -2.22. The van der Waals surface area contributed by atoms with Gasteiger partial charge in [0.2, 0.25) is 0 Å². The smallest absolute Gasteiger partial charge is 0.309 e. The van der Waals surface area contributed by atoms with Gasteiger partial charge >= 0.3 is 5.97 Å². The minimum atomic E-state index is -0.515. The highest BCUT2D eigenvalue weighted by atomic mass is 35.5. The number of ether oxygens (including phenoxy) is 1. The zero-order valence-electron chi connectivity index (χ0n) is 19.8. The van der Waals surface area contributed by atoms with Crippen molar-refractivity contribution in [2.24, 2.45) is 0 Å². The third-order valence-corrected chi connectivity index (χ3v) is 6.27. The van der Waals surface area contributed by atoms with E-state index in [-0.39, 0.29) is 45.8 Å². The van der Waals surface area contributed by atoms with Gasteiger partial charge in [-0.15, -0.1) is 0 Å². The van der Waals surface area contributed by atoms with Gasteiger partial charge in [-0.2, -0.15) is 5.06 Å². The van der Waals surface area contributed by atoms with Gasteiger partial charge in [-0.3, -0.25) is 9.59 Å². The van der Waals surface area contributed by atoms with E-state index in [0.717, 1.165) is 5.06 Å². The van der Waals surface area contributed by atoms with Gasteiger partial charge in [0.05, 0.1) is 30.1 Å². The molecule has 0 aliphatic heterocycles. The fraction of sp³-hybridized carbons (Fsp3) is 0.148. The minimum absolute atomic E-state index is 0.0513. The average Bonchev–Trinajstić information content (AvgIpc) is 3.33. The number of carbonyl (C=O) groups is 2. The summed E-state index contributed by atoms with van der Waals surface area (Å²) in [6.07, 6.45) is 0.0513. The Morgan fingerprint density at radius 2 is 1.73 bits per heavy atom. The molecule has 0 bridgehead atoms. The van der Waals surface area contributed by atoms with E-state index in [0.29, 0.717) is 21.7 Å². The highest BCUT2D eigenvalue weighted by Gasteiger charge is 2.31. The molecule has 3 aromatic carbocycles. The topological polar surface area (TPSA) is 81.9 Å². The number of esters is 1. The van der Waals surface area contributed by atoms with Crippen LogP contribution < -0.4 is 4.84 Å². The number of methoxy groups -OCH3 is 1. The second-order valence-corrected chi connectivity index (χ2v) is 9.09. The molecule has 10 heteroatoms. The van der Waals surface area contributed by atoms with E-state index in [1.54, 1.807) is 49.4 Å². The van der Waals surface area contributed by atoms with Gasteiger partial charge in [-0.1, -0.05) is 82.4 Å². The molecule has 0 N–H and O–H groups in total. The maximum absolute atomic E-state index is 13.9. The molecular weight excluding hydrogens is 539 g/mol. The molecule has 4 aromatic rings. The lowest BCUT2D eigenvalue weighted by atomic mass is 10.00. The zero-order chi connectivity index (χ0) is 26.5. The first-order chi connectivity index (χ1) is 17.8. The summed E-state index contributed by atoms with van der Waals surface area (Å²) < 4.78 is 10.4. The van der Waals surface area contributed by atoms with Gasteiger partial charge < -0.3 is 14.1 Å². The first kappa shape index (κ1) is 26.5. The SMILES string of the molecule is CCN(Oc1ccc(Cl)cc1Cl)C(=O)c1c(-c2ccc(CC(=O)OC)cc2Cl)noc1-c1ccccc1. The summed E-state index contributed by atoms with van der Waals surface area (Å²) >= 11 is 18.8. The Bertz CT molecular complexity index is 1440. The molecule has 0 radical (unpaired) electrons. The largest absolute Gasteiger partial charge is 0.469 e. The van der Waals surface area contributed by atoms with Gasteiger partial charge in [0, 0.05) is 16.1 Å². The van der Waals surface area contributed by atoms with Crippen LogP contribution in [0.2, 0.25) is 15.1 Å². The van der Waals surface area contributed by atoms with Crippen LogP contribution in [-0.4, -0.2) is 35.8 Å². The standard InChI is InChI=1S/C27H21Cl3N2O5/c1-3-32(37-22-12-10-18(28)15-21(22)30)27(34)24-25(31-36-26(24)17-7-5-4-6-8-17)19-11-9-16(13-20(19)29)14-23(33)35-2/h4-13,15H,3,14H2,1-2H3. The number of hydroxylamine groups is 2. The van der Waals surface area contributed by atoms with Crippen molar-refractivity contribution in [1.29, 1.82) is 0 Å². The number of carbonyl (C=O) groups excluding carboxylic acids is 2. The molecule has 7 nitrogen and oxygen atoms in total. The normalized spacial score (nSPS) is 10.7. The molecule has 1 aromatic heterocycles. The molecule has 190 valence electrons. The lowest BCUT2D eigenvalue weighted by molar-refractivity contribution is -0.139. The summed E-state index contributed by atoms with van der Waals surface area (Å²) in [6, 6.07) is 18.8. The van der Waals surface area contributed by atoms with E-state index in [1.165, 1.54) is 13.2 Å². The Morgan fingerprint density at radius 1 is 0.973 bits per heavy atom. The molecule has 0 fully saturated rings. The number of hydrogen-bond donors (Lipinski definition) is 0. The Hall–Kier alpha value is -3.52. The number of nitrogens with zero attached hydrogens (tertiary/aromatic N) is 2. The Labute approximate surface area is 228 Å². The first-order valence-corrected chi connectivity index (χ1v) is 12.3. The van der Waals surface area contributed by atoms with Gasteiger partial charge in [-0.25, -0.2) is 0 Å². The fourth-order valence-electron chi connectivity index (χ4n) is 3.60. The van der Waals surface area contributed by atoms with E-state index in [2.05, 4.69) is 5.16 Å². The summed E-state index contributed by atoms with van der Waals surface area (Å²) in [7, 11) is 1.31. The molecule has 37 heavy (non-hydrogen) atoms. The maximum atomic E-state index is 13.9. The zero-order valence-corrected chi connectivity index (χ0v) is 22.1. The quantitative estimate of drug-likeness (QED) is 0.169. The summed E-state index contributed by atoms with van der Waals surface area (Å²) in [6.45, 7) is 1.94. The van der Waals surface area contributed by atoms with E-state index in [4.69, 9.17) is 48.9 Å². The third-order valence-electron chi connectivity index (χ3n) is 5.42. The second-order valence-electron chi connectivity index (χ2n) is 7.83. The minimum Gasteiger partial charge on any atom is -0.469 e. The van der Waals surface area contributed by atoms with Crippen LogP contribution in [0, 0.1) is 0 Å². The van der Waals surface area contributed by atoms with Crippen LogP contribution in [0.15, 0.2) is 71.3 Å². The number of benzene rings is 3. The van der Waals surface area contributed by atoms with E-state index in [1.807, 2.05) is 18.2 Å². The number of aromatic nitrogens is 1. The van der Waals surface area contributed by atoms with Crippen molar-refractivity contribution in [2.75, 3.05) is 13.7 Å². The highest BCUT2D eigenvalue weighted by molar-refractivity contribution is 6.35. The highest BCUT2D eigenvalue weighted by Crippen LogP contribution is 2.37. The van der Waals surface area contributed by atoms with E-state index >= 15 is 0 Å². The van der Waals surface area contributed by atoms with Crippen LogP contribution in [0.3, 0.4) is 0 Å². The Balaban J connectivity index is 1.79. The lowest BCUT2D eigenvalue weighted by Crippen LogP contribution is -2.34.